The molecule has 2 N–H and O–H groups in total. The highest BCUT2D eigenvalue weighted by molar-refractivity contribution is 9.11. The number of hydrogen-bond donors (Lipinski definition) is 2. The Balaban J connectivity index is 1.29. The van der Waals surface area contributed by atoms with Crippen LogP contribution in [0.1, 0.15) is 41.1 Å². The summed E-state index contributed by atoms with van der Waals surface area (Å²) in [5.41, 5.74) is 1.65. The van der Waals surface area contributed by atoms with Crippen LogP contribution in [0.5, 0.6) is 0 Å². The Hall–Kier alpha value is -2.01. The second kappa shape index (κ2) is 13.4. The van der Waals surface area contributed by atoms with Gasteiger partial charge < -0.3 is 20.2 Å². The number of carboxylic acid groups (broad SMARTS) is 1. The molecular weight excluding hydrogens is 619 g/mol. The zero-order chi connectivity index (χ0) is 27.2. The Morgan fingerprint density at radius 1 is 1.11 bits per heavy atom. The number of rotatable bonds is 10. The maximum atomic E-state index is 13.6. The van der Waals surface area contributed by atoms with E-state index in [0.717, 1.165) is 66.5 Å². The molecule has 2 amide bonds. The van der Waals surface area contributed by atoms with Crippen molar-refractivity contribution < 1.29 is 19.1 Å². The maximum Gasteiger partial charge on any atom is 0.404 e. The van der Waals surface area contributed by atoms with Crippen molar-refractivity contribution >= 4 is 43.9 Å². The number of likely N-dealkylation sites (N-methyl/N-ethyl adjacent to an activating group) is 1. The number of carbonyl (C=O) groups is 2. The first-order valence-corrected chi connectivity index (χ1v) is 14.7. The molecule has 0 saturated carbocycles. The second-order valence-electron chi connectivity index (χ2n) is 10.5. The quantitative estimate of drug-likeness (QED) is 0.366. The fraction of sp³-hybridized carbons (Fsp3) is 0.500. The summed E-state index contributed by atoms with van der Waals surface area (Å²) in [6, 6.07) is 12.7. The van der Waals surface area contributed by atoms with Crippen molar-refractivity contribution in [1.29, 1.82) is 0 Å². The van der Waals surface area contributed by atoms with Crippen LogP contribution >= 0.6 is 31.9 Å². The standard InChI is InChI=1S/C28H35Br2FN4O3/c1-33(27(36)22-12-23(29)14-24(30)13-22)16-21(20-2-4-25(31)5-3-20)8-9-34-17-26(18-34)35-10-6-19(7-11-35)15-32-28(37)38/h2-5,12-14,19,21,26,32H,6-11,15-18H2,1H3,(H,37,38). The van der Waals surface area contributed by atoms with Crippen molar-refractivity contribution in [2.24, 2.45) is 5.92 Å². The van der Waals surface area contributed by atoms with Crippen LogP contribution in [0.2, 0.25) is 0 Å². The number of piperidine rings is 1. The van der Waals surface area contributed by atoms with Gasteiger partial charge in [-0.05, 0) is 80.7 Å². The lowest BCUT2D eigenvalue weighted by Gasteiger charge is -2.48. The minimum Gasteiger partial charge on any atom is -0.465 e. The fourth-order valence-electron chi connectivity index (χ4n) is 5.46. The van der Waals surface area contributed by atoms with Crippen molar-refractivity contribution in [1.82, 2.24) is 20.0 Å². The van der Waals surface area contributed by atoms with Gasteiger partial charge >= 0.3 is 6.09 Å². The number of likely N-dealkylation sites (tertiary alicyclic amines) is 2. The number of benzene rings is 2. The van der Waals surface area contributed by atoms with Crippen LogP contribution in [0, 0.1) is 11.7 Å². The molecule has 0 spiro atoms. The fourth-order valence-corrected chi connectivity index (χ4v) is 6.75. The number of hydrogen-bond acceptors (Lipinski definition) is 4. The van der Waals surface area contributed by atoms with Gasteiger partial charge in [0.05, 0.1) is 0 Å². The molecule has 7 nitrogen and oxygen atoms in total. The maximum absolute atomic E-state index is 13.6. The predicted octanol–water partition coefficient (Wildman–Crippen LogP) is 5.26. The summed E-state index contributed by atoms with van der Waals surface area (Å²) >= 11 is 6.92. The average Bonchev–Trinajstić information content (AvgIpc) is 2.85. The van der Waals surface area contributed by atoms with E-state index in [-0.39, 0.29) is 17.6 Å². The number of nitrogens with one attached hydrogen (secondary N) is 1. The van der Waals surface area contributed by atoms with Crippen molar-refractivity contribution in [2.75, 3.05) is 52.9 Å². The van der Waals surface area contributed by atoms with Gasteiger partial charge in [-0.1, -0.05) is 44.0 Å². The van der Waals surface area contributed by atoms with Crippen LogP contribution in [0.4, 0.5) is 9.18 Å². The van der Waals surface area contributed by atoms with E-state index in [4.69, 9.17) is 5.11 Å². The van der Waals surface area contributed by atoms with Crippen LogP contribution in [-0.2, 0) is 0 Å². The third-order valence-electron chi connectivity index (χ3n) is 7.73. The first-order valence-electron chi connectivity index (χ1n) is 13.1. The van der Waals surface area contributed by atoms with Gasteiger partial charge in [-0.2, -0.15) is 0 Å². The Labute approximate surface area is 240 Å². The molecule has 10 heteroatoms. The number of halogens is 3. The summed E-state index contributed by atoms with van der Waals surface area (Å²) in [5.74, 6) is 0.207. The largest absolute Gasteiger partial charge is 0.465 e. The van der Waals surface area contributed by atoms with Crippen molar-refractivity contribution in [2.45, 2.75) is 31.2 Å². The molecule has 1 atom stereocenters. The third kappa shape index (κ3) is 8.00. The minimum atomic E-state index is -0.947. The smallest absolute Gasteiger partial charge is 0.404 e. The SMILES string of the molecule is CN(CC(CCN1CC(N2CCC(CNC(=O)O)CC2)C1)c1ccc(F)cc1)C(=O)c1cc(Br)cc(Br)c1. The first kappa shape index (κ1) is 29.0. The molecule has 2 aliphatic heterocycles. The number of amides is 2. The van der Waals surface area contributed by atoms with E-state index in [1.54, 1.807) is 4.90 Å². The molecule has 0 radical (unpaired) electrons. The summed E-state index contributed by atoms with van der Waals surface area (Å²) in [6.45, 7) is 6.08. The molecule has 1 unspecified atom stereocenters. The topological polar surface area (TPSA) is 76.1 Å². The second-order valence-corrected chi connectivity index (χ2v) is 12.3. The lowest BCUT2D eigenvalue weighted by Crippen LogP contribution is -2.61. The lowest BCUT2D eigenvalue weighted by molar-refractivity contribution is 0.0129. The zero-order valence-electron chi connectivity index (χ0n) is 21.6. The van der Waals surface area contributed by atoms with Crippen LogP contribution in [0.3, 0.4) is 0 Å². The van der Waals surface area contributed by atoms with E-state index < -0.39 is 6.09 Å². The number of nitrogens with zero attached hydrogens (tertiary/aromatic N) is 3. The average molecular weight is 654 g/mol. The van der Waals surface area contributed by atoms with Crippen molar-refractivity contribution in [3.8, 4) is 0 Å². The molecule has 0 aromatic heterocycles. The van der Waals surface area contributed by atoms with Crippen molar-refractivity contribution in [3.63, 3.8) is 0 Å². The highest BCUT2D eigenvalue weighted by Crippen LogP contribution is 2.27. The molecule has 4 rings (SSSR count). The van der Waals surface area contributed by atoms with Gasteiger partial charge in [-0.3, -0.25) is 9.69 Å². The Kier molecular flexibility index (Phi) is 10.2. The van der Waals surface area contributed by atoms with Crippen LogP contribution in [0.25, 0.3) is 0 Å². The molecule has 2 aromatic carbocycles. The van der Waals surface area contributed by atoms with E-state index in [9.17, 15) is 14.0 Å². The molecule has 38 heavy (non-hydrogen) atoms. The molecule has 2 saturated heterocycles. The van der Waals surface area contributed by atoms with Crippen LogP contribution in [0.15, 0.2) is 51.4 Å². The molecule has 2 fully saturated rings. The predicted molar refractivity (Wildman–Crippen MR) is 153 cm³/mol. The van der Waals surface area contributed by atoms with Gasteiger partial charge in [-0.25, -0.2) is 9.18 Å². The highest BCUT2D eigenvalue weighted by atomic mass is 79.9. The van der Waals surface area contributed by atoms with E-state index >= 15 is 0 Å². The van der Waals surface area contributed by atoms with E-state index in [1.807, 2.05) is 37.4 Å². The van der Waals surface area contributed by atoms with Gasteiger partial charge in [0.15, 0.2) is 0 Å². The minimum absolute atomic E-state index is 0.0508. The Morgan fingerprint density at radius 3 is 2.34 bits per heavy atom. The molecule has 0 bridgehead atoms. The molecule has 0 aliphatic carbocycles. The summed E-state index contributed by atoms with van der Waals surface area (Å²) in [6.07, 6.45) is 1.98. The van der Waals surface area contributed by atoms with Crippen LogP contribution < -0.4 is 5.32 Å². The van der Waals surface area contributed by atoms with Crippen molar-refractivity contribution in [3.05, 3.63) is 68.4 Å². The zero-order valence-corrected chi connectivity index (χ0v) is 24.8. The van der Waals surface area contributed by atoms with Gasteiger partial charge in [0, 0.05) is 59.7 Å². The summed E-state index contributed by atoms with van der Waals surface area (Å²) in [4.78, 5) is 30.6. The number of carbonyl (C=O) groups excluding carboxylic acids is 1. The van der Waals surface area contributed by atoms with Gasteiger partial charge in [0.25, 0.3) is 5.91 Å². The highest BCUT2D eigenvalue weighted by Gasteiger charge is 2.34. The van der Waals surface area contributed by atoms with Gasteiger partial charge in [-0.15, -0.1) is 0 Å². The molecule has 2 aromatic rings. The summed E-state index contributed by atoms with van der Waals surface area (Å²) < 4.78 is 15.3. The Morgan fingerprint density at radius 2 is 1.74 bits per heavy atom. The first-order chi connectivity index (χ1) is 18.2. The summed E-state index contributed by atoms with van der Waals surface area (Å²) in [7, 11) is 1.82. The van der Waals surface area contributed by atoms with Crippen LogP contribution in [-0.4, -0.2) is 90.7 Å². The molecule has 206 valence electrons. The lowest BCUT2D eigenvalue weighted by atomic mass is 9.92. The molecular formula is C28H35Br2FN4O3. The normalized spacial score (nSPS) is 18.1. The summed E-state index contributed by atoms with van der Waals surface area (Å²) in [5, 5.41) is 11.3. The van der Waals surface area contributed by atoms with E-state index in [1.165, 1.54) is 12.1 Å². The van der Waals surface area contributed by atoms with E-state index in [0.29, 0.717) is 30.6 Å². The monoisotopic (exact) mass is 652 g/mol. The molecule has 2 heterocycles. The Bertz CT molecular complexity index is 1090. The van der Waals surface area contributed by atoms with Gasteiger partial charge in [0.2, 0.25) is 0 Å². The third-order valence-corrected chi connectivity index (χ3v) is 8.65. The van der Waals surface area contributed by atoms with Gasteiger partial charge in [0.1, 0.15) is 5.82 Å². The molecule has 2 aliphatic rings. The van der Waals surface area contributed by atoms with E-state index in [2.05, 4.69) is 47.0 Å².